The molecule has 2 amide bonds. The highest BCUT2D eigenvalue weighted by Crippen LogP contribution is 2.18. The van der Waals surface area contributed by atoms with Gasteiger partial charge in [0.25, 0.3) is 0 Å². The number of rotatable bonds is 6. The molecule has 0 heterocycles. The summed E-state index contributed by atoms with van der Waals surface area (Å²) in [7, 11) is 0. The van der Waals surface area contributed by atoms with E-state index in [4.69, 9.17) is 16.3 Å². The number of carbonyl (C=O) groups is 2. The Morgan fingerprint density at radius 1 is 1.15 bits per heavy atom. The molecule has 0 aromatic heterocycles. The molecule has 1 fully saturated rings. The molecule has 0 radical (unpaired) electrons. The number of hydrogen-bond acceptors (Lipinski definition) is 4. The van der Waals surface area contributed by atoms with E-state index in [9.17, 15) is 9.59 Å². The van der Waals surface area contributed by atoms with Crippen LogP contribution in [-0.2, 0) is 16.2 Å². The van der Waals surface area contributed by atoms with Gasteiger partial charge in [0.15, 0.2) is 0 Å². The molecule has 2 N–H and O–H groups in total. The number of hydrogen-bond donors (Lipinski definition) is 2. The lowest BCUT2D eigenvalue weighted by Crippen LogP contribution is -2.38. The second kappa shape index (κ2) is 8.49. The zero-order valence-corrected chi connectivity index (χ0v) is 14.7. The van der Waals surface area contributed by atoms with Crippen molar-refractivity contribution in [1.82, 2.24) is 10.7 Å². The van der Waals surface area contributed by atoms with Gasteiger partial charge in [0, 0.05) is 11.1 Å². The third-order valence-corrected chi connectivity index (χ3v) is 3.89. The summed E-state index contributed by atoms with van der Waals surface area (Å²) in [6.07, 6.45) is 3.29. The van der Waals surface area contributed by atoms with Crippen molar-refractivity contribution in [3.05, 3.63) is 64.7 Å². The van der Waals surface area contributed by atoms with Gasteiger partial charge in [-0.05, 0) is 48.2 Å². The van der Waals surface area contributed by atoms with Crippen LogP contribution in [0.15, 0.2) is 53.6 Å². The van der Waals surface area contributed by atoms with Gasteiger partial charge in [0.05, 0.1) is 6.21 Å². The summed E-state index contributed by atoms with van der Waals surface area (Å²) in [6.45, 7) is 0.388. The fourth-order valence-corrected chi connectivity index (χ4v) is 2.39. The summed E-state index contributed by atoms with van der Waals surface area (Å²) < 4.78 is 5.73. The summed E-state index contributed by atoms with van der Waals surface area (Å²) in [5, 5.41) is 7.06. The number of nitrogens with one attached hydrogen (secondary N) is 2. The molecule has 6 nitrogen and oxygen atoms in total. The number of nitrogens with zero attached hydrogens (tertiary/aromatic N) is 1. The molecular formula is C19H18ClN3O3. The lowest BCUT2D eigenvalue weighted by Gasteiger charge is -2.07. The Bertz CT molecular complexity index is 834. The number of amides is 2. The minimum absolute atomic E-state index is 0.130. The second-order valence-corrected chi connectivity index (χ2v) is 6.37. The molecule has 2 aromatic carbocycles. The highest BCUT2D eigenvalue weighted by atomic mass is 35.5. The Hall–Kier alpha value is -2.86. The van der Waals surface area contributed by atoms with Crippen molar-refractivity contribution >= 4 is 29.6 Å². The highest BCUT2D eigenvalue weighted by Gasteiger charge is 2.26. The van der Waals surface area contributed by atoms with Crippen molar-refractivity contribution in [2.24, 2.45) is 5.10 Å². The molecule has 0 atom stereocenters. The fourth-order valence-electron chi connectivity index (χ4n) is 2.17. The maximum absolute atomic E-state index is 11.6. The van der Waals surface area contributed by atoms with Crippen LogP contribution >= 0.6 is 11.6 Å². The minimum atomic E-state index is -0.776. The first-order chi connectivity index (χ1) is 12.6. The van der Waals surface area contributed by atoms with Gasteiger partial charge in [-0.15, -0.1) is 0 Å². The second-order valence-electron chi connectivity index (χ2n) is 5.94. The van der Waals surface area contributed by atoms with Crippen LogP contribution in [0, 0.1) is 0 Å². The minimum Gasteiger partial charge on any atom is -0.489 e. The van der Waals surface area contributed by atoms with E-state index >= 15 is 0 Å². The third kappa shape index (κ3) is 5.60. The van der Waals surface area contributed by atoms with Crippen molar-refractivity contribution < 1.29 is 14.3 Å². The molecule has 1 aliphatic carbocycles. The average molecular weight is 372 g/mol. The van der Waals surface area contributed by atoms with E-state index in [1.165, 1.54) is 6.21 Å². The Morgan fingerprint density at radius 3 is 2.73 bits per heavy atom. The van der Waals surface area contributed by atoms with Gasteiger partial charge in [-0.25, -0.2) is 5.43 Å². The molecule has 0 unspecified atom stereocenters. The van der Waals surface area contributed by atoms with Crippen LogP contribution in [0.3, 0.4) is 0 Å². The average Bonchev–Trinajstić information content (AvgIpc) is 3.44. The zero-order valence-electron chi connectivity index (χ0n) is 13.9. The standard InChI is InChI=1S/C19H18ClN3O3/c20-15-5-1-4-14(9-15)12-26-17-6-2-3-13(10-17)11-21-23-19(25)18(24)22-16-7-8-16/h1-6,9-11,16H,7-8,12H2,(H,22,24)(H,23,25)/b21-11-. The van der Waals surface area contributed by atoms with Crippen LogP contribution in [-0.4, -0.2) is 24.1 Å². The molecule has 0 saturated heterocycles. The predicted octanol–water partition coefficient (Wildman–Crippen LogP) is 2.65. The number of ether oxygens (including phenoxy) is 1. The summed E-state index contributed by atoms with van der Waals surface area (Å²) >= 11 is 5.95. The number of benzene rings is 2. The lowest BCUT2D eigenvalue weighted by molar-refractivity contribution is -0.139. The SMILES string of the molecule is O=C(N/N=C\c1cccc(OCc2cccc(Cl)c2)c1)C(=O)NC1CC1. The smallest absolute Gasteiger partial charge is 0.329 e. The highest BCUT2D eigenvalue weighted by molar-refractivity contribution is 6.35. The van der Waals surface area contributed by atoms with E-state index in [1.807, 2.05) is 36.4 Å². The molecule has 3 rings (SSSR count). The van der Waals surface area contributed by atoms with Crippen LogP contribution in [0.4, 0.5) is 0 Å². The predicted molar refractivity (Wildman–Crippen MR) is 99.1 cm³/mol. The van der Waals surface area contributed by atoms with E-state index in [0.29, 0.717) is 17.4 Å². The molecule has 0 spiro atoms. The molecule has 26 heavy (non-hydrogen) atoms. The van der Waals surface area contributed by atoms with E-state index in [-0.39, 0.29) is 6.04 Å². The lowest BCUT2D eigenvalue weighted by atomic mass is 10.2. The Morgan fingerprint density at radius 2 is 1.96 bits per heavy atom. The summed E-state index contributed by atoms with van der Waals surface area (Å²) in [5.41, 5.74) is 3.91. The van der Waals surface area contributed by atoms with Crippen molar-refractivity contribution in [3.63, 3.8) is 0 Å². The summed E-state index contributed by atoms with van der Waals surface area (Å²) in [4.78, 5) is 23.1. The van der Waals surface area contributed by atoms with E-state index in [0.717, 1.165) is 24.0 Å². The maximum Gasteiger partial charge on any atom is 0.329 e. The quantitative estimate of drug-likeness (QED) is 0.465. The first kappa shape index (κ1) is 17.9. The largest absolute Gasteiger partial charge is 0.489 e. The molecule has 1 aliphatic rings. The van der Waals surface area contributed by atoms with Gasteiger partial charge in [-0.2, -0.15) is 5.10 Å². The Labute approximate surface area is 156 Å². The van der Waals surface area contributed by atoms with E-state index in [2.05, 4.69) is 15.8 Å². The molecule has 7 heteroatoms. The van der Waals surface area contributed by atoms with Crippen LogP contribution in [0.5, 0.6) is 5.75 Å². The number of halogens is 1. The van der Waals surface area contributed by atoms with Crippen molar-refractivity contribution in [2.75, 3.05) is 0 Å². The van der Waals surface area contributed by atoms with Crippen molar-refractivity contribution in [1.29, 1.82) is 0 Å². The van der Waals surface area contributed by atoms with Gasteiger partial charge in [0.2, 0.25) is 0 Å². The van der Waals surface area contributed by atoms with Gasteiger partial charge < -0.3 is 10.1 Å². The van der Waals surface area contributed by atoms with Gasteiger partial charge in [-0.1, -0.05) is 35.9 Å². The van der Waals surface area contributed by atoms with E-state index in [1.54, 1.807) is 12.1 Å². The Kier molecular flexibility index (Phi) is 5.86. The first-order valence-electron chi connectivity index (χ1n) is 8.21. The topological polar surface area (TPSA) is 79.8 Å². The summed E-state index contributed by atoms with van der Waals surface area (Å²) in [6, 6.07) is 14.8. The molecule has 134 valence electrons. The normalized spacial score (nSPS) is 13.4. The monoisotopic (exact) mass is 371 g/mol. The fraction of sp³-hybridized carbons (Fsp3) is 0.211. The Balaban J connectivity index is 1.51. The van der Waals surface area contributed by atoms with Gasteiger partial charge >= 0.3 is 11.8 Å². The molecule has 0 bridgehead atoms. The van der Waals surface area contributed by atoms with Gasteiger partial charge in [-0.3, -0.25) is 9.59 Å². The van der Waals surface area contributed by atoms with Crippen LogP contribution in [0.2, 0.25) is 5.02 Å². The van der Waals surface area contributed by atoms with Gasteiger partial charge in [0.1, 0.15) is 12.4 Å². The number of hydrazone groups is 1. The number of carbonyl (C=O) groups excluding carboxylic acids is 2. The molecule has 0 aliphatic heterocycles. The zero-order chi connectivity index (χ0) is 18.4. The molecular weight excluding hydrogens is 354 g/mol. The maximum atomic E-state index is 11.6. The van der Waals surface area contributed by atoms with Crippen LogP contribution < -0.4 is 15.5 Å². The molecule has 1 saturated carbocycles. The molecule has 2 aromatic rings. The van der Waals surface area contributed by atoms with Crippen molar-refractivity contribution in [2.45, 2.75) is 25.5 Å². The van der Waals surface area contributed by atoms with Crippen LogP contribution in [0.25, 0.3) is 0 Å². The summed E-state index contributed by atoms with van der Waals surface area (Å²) in [5.74, 6) is -0.781. The first-order valence-corrected chi connectivity index (χ1v) is 8.59. The third-order valence-electron chi connectivity index (χ3n) is 3.65. The van der Waals surface area contributed by atoms with E-state index < -0.39 is 11.8 Å². The van der Waals surface area contributed by atoms with Crippen LogP contribution in [0.1, 0.15) is 24.0 Å². The van der Waals surface area contributed by atoms with Crippen molar-refractivity contribution in [3.8, 4) is 5.75 Å².